The monoisotopic (exact) mass is 526 g/mol. The van der Waals surface area contributed by atoms with Crippen molar-refractivity contribution in [3.8, 4) is 17.9 Å². The normalized spacial score (nSPS) is 11.5. The van der Waals surface area contributed by atoms with Crippen LogP contribution in [0.2, 0.25) is 0 Å². The van der Waals surface area contributed by atoms with E-state index in [9.17, 15) is 19.9 Å². The van der Waals surface area contributed by atoms with Crippen molar-refractivity contribution >= 4 is 52.6 Å². The number of hydrogen-bond acceptors (Lipinski definition) is 6. The Labute approximate surface area is 199 Å². The van der Waals surface area contributed by atoms with Gasteiger partial charge >= 0.3 is 14.1 Å². The zero-order valence-corrected chi connectivity index (χ0v) is 20.0. The summed E-state index contributed by atoms with van der Waals surface area (Å²) in [6.45, 7) is -0.00883. The van der Waals surface area contributed by atoms with Crippen molar-refractivity contribution in [1.29, 1.82) is 10.5 Å². The highest BCUT2D eigenvalue weighted by molar-refractivity contribution is 9.10. The number of aromatic nitrogens is 1. The summed E-state index contributed by atoms with van der Waals surface area (Å²) in [4.78, 5) is 21.6. The van der Waals surface area contributed by atoms with Crippen molar-refractivity contribution in [3.63, 3.8) is 0 Å². The maximum absolute atomic E-state index is 12.7. The standard InChI is InChI=1S/C23H17BrN3O5P/c1-31-22-6-3-15(12-25)9-16(22)10-17(13-26)20-14-27(21-5-4-18(24)11-19(20)21)23(28)32-7-2-8-33(29)30/h3-6,9-11,14H,2,7-8H2,1H3/p+1/b17-10+. The molecule has 10 heteroatoms. The molecule has 3 rings (SSSR count). The zero-order valence-electron chi connectivity index (χ0n) is 17.5. The summed E-state index contributed by atoms with van der Waals surface area (Å²) in [6.07, 6.45) is 2.75. The van der Waals surface area contributed by atoms with Gasteiger partial charge in [-0.05, 0) is 47.0 Å². The summed E-state index contributed by atoms with van der Waals surface area (Å²) in [6, 6.07) is 14.4. The Hall–Kier alpha value is -3.49. The Morgan fingerprint density at radius 3 is 2.73 bits per heavy atom. The van der Waals surface area contributed by atoms with Crippen LogP contribution in [-0.4, -0.2) is 35.4 Å². The molecule has 0 amide bonds. The fraction of sp³-hybridized carbons (Fsp3) is 0.174. The Bertz CT molecular complexity index is 1350. The number of ether oxygens (including phenoxy) is 2. The fourth-order valence-corrected chi connectivity index (χ4v) is 4.00. The molecule has 0 fully saturated rings. The highest BCUT2D eigenvalue weighted by Gasteiger charge is 2.19. The predicted molar refractivity (Wildman–Crippen MR) is 127 cm³/mol. The summed E-state index contributed by atoms with van der Waals surface area (Å²) in [5.41, 5.74) is 2.25. The molecular formula is C23H18BrN3O5P+. The summed E-state index contributed by atoms with van der Waals surface area (Å²) in [7, 11) is -0.787. The number of carbonyl (C=O) groups excluding carboxylic acids is 1. The first-order valence-corrected chi connectivity index (χ1v) is 11.9. The third kappa shape index (κ3) is 5.66. The molecule has 0 spiro atoms. The lowest BCUT2D eigenvalue weighted by atomic mass is 10.0. The number of nitrogens with zero attached hydrogens (tertiary/aromatic N) is 3. The van der Waals surface area contributed by atoms with Crippen LogP contribution >= 0.6 is 24.0 Å². The Balaban J connectivity index is 2.07. The predicted octanol–water partition coefficient (Wildman–Crippen LogP) is 5.46. The van der Waals surface area contributed by atoms with E-state index >= 15 is 0 Å². The minimum Gasteiger partial charge on any atom is -0.496 e. The lowest BCUT2D eigenvalue weighted by Gasteiger charge is -2.06. The van der Waals surface area contributed by atoms with Gasteiger partial charge in [0, 0.05) is 33.6 Å². The molecule has 1 aromatic heterocycles. The second-order valence-corrected chi connectivity index (χ2v) is 8.92. The Kier molecular flexibility index (Phi) is 7.97. The number of rotatable bonds is 7. The van der Waals surface area contributed by atoms with E-state index in [1.807, 2.05) is 0 Å². The lowest BCUT2D eigenvalue weighted by molar-refractivity contribution is 0.149. The van der Waals surface area contributed by atoms with E-state index in [0.717, 1.165) is 4.47 Å². The SMILES string of the molecule is COc1ccc(C#N)cc1/C=C(\C#N)c1cn(C(=O)OCCC[P+](=O)O)c2ccc(Br)cc12. The van der Waals surface area contributed by atoms with Gasteiger partial charge in [0.25, 0.3) is 0 Å². The maximum atomic E-state index is 12.7. The smallest absolute Gasteiger partial charge is 0.496 e. The molecule has 1 N–H and O–H groups in total. The molecule has 0 saturated carbocycles. The quantitative estimate of drug-likeness (QED) is 0.246. The zero-order chi connectivity index (χ0) is 24.0. The van der Waals surface area contributed by atoms with Crippen LogP contribution in [-0.2, 0) is 9.30 Å². The number of carbonyl (C=O) groups is 1. The molecule has 166 valence electrons. The van der Waals surface area contributed by atoms with E-state index in [-0.39, 0.29) is 24.8 Å². The molecule has 1 atom stereocenters. The second-order valence-electron chi connectivity index (χ2n) is 6.86. The average Bonchev–Trinajstić information content (AvgIpc) is 3.18. The third-order valence-electron chi connectivity index (χ3n) is 4.75. The first kappa shape index (κ1) is 24.2. The van der Waals surface area contributed by atoms with Gasteiger partial charge in [0.05, 0.1) is 42.5 Å². The molecule has 0 aliphatic heterocycles. The molecular weight excluding hydrogens is 509 g/mol. The minimum absolute atomic E-state index is 0.00883. The number of nitriles is 2. The van der Waals surface area contributed by atoms with Crippen LogP contribution < -0.4 is 4.74 Å². The van der Waals surface area contributed by atoms with Gasteiger partial charge in [0.1, 0.15) is 5.75 Å². The Morgan fingerprint density at radius 1 is 1.27 bits per heavy atom. The summed E-state index contributed by atoms with van der Waals surface area (Å²) in [5, 5.41) is 19.8. The van der Waals surface area contributed by atoms with Crippen LogP contribution in [0.4, 0.5) is 4.79 Å². The van der Waals surface area contributed by atoms with Gasteiger partial charge in [-0.3, -0.25) is 4.57 Å². The molecule has 1 heterocycles. The van der Waals surface area contributed by atoms with Gasteiger partial charge in [-0.15, -0.1) is 0 Å². The molecule has 1 unspecified atom stereocenters. The second kappa shape index (κ2) is 10.9. The van der Waals surface area contributed by atoms with Crippen molar-refractivity contribution in [3.05, 3.63) is 63.8 Å². The highest BCUT2D eigenvalue weighted by atomic mass is 79.9. The average molecular weight is 527 g/mol. The van der Waals surface area contributed by atoms with Crippen LogP contribution in [0.1, 0.15) is 23.1 Å². The van der Waals surface area contributed by atoms with E-state index in [2.05, 4.69) is 28.1 Å². The van der Waals surface area contributed by atoms with Crippen LogP contribution in [0.5, 0.6) is 5.75 Å². The maximum Gasteiger partial charge on any atom is 0.505 e. The molecule has 0 radical (unpaired) electrons. The van der Waals surface area contributed by atoms with Crippen molar-refractivity contribution in [2.45, 2.75) is 6.42 Å². The summed E-state index contributed by atoms with van der Waals surface area (Å²) in [5.74, 6) is 0.494. The van der Waals surface area contributed by atoms with Crippen molar-refractivity contribution < 1.29 is 23.7 Å². The van der Waals surface area contributed by atoms with Gasteiger partial charge < -0.3 is 9.47 Å². The van der Waals surface area contributed by atoms with Gasteiger partial charge in [-0.2, -0.15) is 15.4 Å². The van der Waals surface area contributed by atoms with Crippen LogP contribution in [0.15, 0.2) is 47.1 Å². The Morgan fingerprint density at radius 2 is 2.06 bits per heavy atom. The van der Waals surface area contributed by atoms with Crippen molar-refractivity contribution in [1.82, 2.24) is 4.57 Å². The van der Waals surface area contributed by atoms with Crippen molar-refractivity contribution in [2.75, 3.05) is 19.9 Å². The van der Waals surface area contributed by atoms with E-state index in [0.29, 0.717) is 33.3 Å². The first-order chi connectivity index (χ1) is 15.9. The van der Waals surface area contributed by atoms with E-state index in [1.165, 1.54) is 17.9 Å². The summed E-state index contributed by atoms with van der Waals surface area (Å²) < 4.78 is 23.5. The largest absolute Gasteiger partial charge is 0.505 e. The van der Waals surface area contributed by atoms with Gasteiger partial charge in [0.15, 0.2) is 6.16 Å². The van der Waals surface area contributed by atoms with Gasteiger partial charge in [0.2, 0.25) is 0 Å². The summed E-state index contributed by atoms with van der Waals surface area (Å²) >= 11 is 3.42. The number of benzene rings is 2. The number of allylic oxidation sites excluding steroid dienone is 1. The number of halogens is 1. The minimum atomic E-state index is -2.28. The lowest BCUT2D eigenvalue weighted by Crippen LogP contribution is -2.13. The number of methoxy groups -OCH3 is 1. The molecule has 0 aliphatic carbocycles. The van der Waals surface area contributed by atoms with Gasteiger partial charge in [-0.1, -0.05) is 15.9 Å². The molecule has 8 nitrogen and oxygen atoms in total. The molecule has 3 aromatic rings. The molecule has 0 bridgehead atoms. The topological polar surface area (TPSA) is 125 Å². The van der Waals surface area contributed by atoms with Crippen molar-refractivity contribution in [2.24, 2.45) is 0 Å². The first-order valence-electron chi connectivity index (χ1n) is 9.69. The van der Waals surface area contributed by atoms with Crippen LogP contribution in [0, 0.1) is 22.7 Å². The highest BCUT2D eigenvalue weighted by Crippen LogP contribution is 2.32. The molecule has 0 saturated heterocycles. The van der Waals surface area contributed by atoms with Crippen LogP contribution in [0.25, 0.3) is 22.6 Å². The molecule has 33 heavy (non-hydrogen) atoms. The van der Waals surface area contributed by atoms with E-state index in [4.69, 9.17) is 14.4 Å². The number of fused-ring (bicyclic) bond motifs is 1. The molecule has 2 aromatic carbocycles. The molecule has 0 aliphatic rings. The number of hydrogen-bond donors (Lipinski definition) is 1. The van der Waals surface area contributed by atoms with Gasteiger partial charge in [-0.25, -0.2) is 4.79 Å². The fourth-order valence-electron chi connectivity index (χ4n) is 3.24. The van der Waals surface area contributed by atoms with Crippen LogP contribution in [0.3, 0.4) is 0 Å². The van der Waals surface area contributed by atoms with E-state index in [1.54, 1.807) is 42.5 Å². The van der Waals surface area contributed by atoms with E-state index < -0.39 is 14.1 Å². The third-order valence-corrected chi connectivity index (χ3v) is 5.94.